The molecular weight excluding hydrogens is 208 g/mol. The van der Waals surface area contributed by atoms with Gasteiger partial charge < -0.3 is 4.74 Å². The van der Waals surface area contributed by atoms with Crippen molar-refractivity contribution in [1.29, 1.82) is 0 Å². The molecule has 0 radical (unpaired) electrons. The molecule has 0 saturated heterocycles. The number of hydrogen-bond acceptors (Lipinski definition) is 3. The van der Waals surface area contributed by atoms with Crippen molar-refractivity contribution in [1.82, 2.24) is 0 Å². The van der Waals surface area contributed by atoms with Crippen LogP contribution in [0.4, 0.5) is 0 Å². The number of benzene rings is 1. The minimum atomic E-state index is 0.0217. The summed E-state index contributed by atoms with van der Waals surface area (Å²) in [6.45, 7) is 5.29. The fraction of sp³-hybridized carbons (Fsp3) is 0.250. The third kappa shape index (κ3) is 3.44. The van der Waals surface area contributed by atoms with Crippen LogP contribution in [0.1, 0.15) is 17.7 Å². The van der Waals surface area contributed by atoms with Gasteiger partial charge >= 0.3 is 0 Å². The van der Waals surface area contributed by atoms with Gasteiger partial charge in [0.05, 0.1) is 12.4 Å². The number of rotatable bonds is 4. The third-order valence-corrected chi connectivity index (χ3v) is 3.00. The second kappa shape index (κ2) is 5.61. The van der Waals surface area contributed by atoms with Crippen molar-refractivity contribution in [2.75, 3.05) is 7.11 Å². The minimum Gasteiger partial charge on any atom is -0.497 e. The highest BCUT2D eigenvalue weighted by Crippen LogP contribution is 2.31. The van der Waals surface area contributed by atoms with E-state index >= 15 is 0 Å². The van der Waals surface area contributed by atoms with Crippen LogP contribution >= 0.6 is 11.8 Å². The molecule has 0 aliphatic heterocycles. The van der Waals surface area contributed by atoms with Gasteiger partial charge in [0.15, 0.2) is 5.12 Å². The van der Waals surface area contributed by atoms with Crippen LogP contribution in [-0.4, -0.2) is 12.2 Å². The molecule has 0 aliphatic carbocycles. The SMILES string of the molecule is C=C[C@H](SC(C)=O)c1ccc(OC)cc1. The lowest BCUT2D eigenvalue weighted by atomic mass is 10.1. The fourth-order valence-corrected chi connectivity index (χ4v) is 1.97. The van der Waals surface area contributed by atoms with E-state index in [0.29, 0.717) is 0 Å². The molecule has 0 fully saturated rings. The van der Waals surface area contributed by atoms with Gasteiger partial charge in [-0.15, -0.1) is 6.58 Å². The number of ether oxygens (including phenoxy) is 1. The van der Waals surface area contributed by atoms with Gasteiger partial charge in [-0.3, -0.25) is 4.79 Å². The van der Waals surface area contributed by atoms with Gasteiger partial charge in [-0.1, -0.05) is 30.0 Å². The first-order valence-corrected chi connectivity index (χ1v) is 5.49. The molecular formula is C12H14O2S. The lowest BCUT2D eigenvalue weighted by molar-refractivity contribution is -0.109. The Bertz CT molecular complexity index is 343. The van der Waals surface area contributed by atoms with Crippen molar-refractivity contribution in [3.8, 4) is 5.75 Å². The summed E-state index contributed by atoms with van der Waals surface area (Å²) >= 11 is 1.27. The lowest BCUT2D eigenvalue weighted by Gasteiger charge is -2.10. The number of methoxy groups -OCH3 is 1. The summed E-state index contributed by atoms with van der Waals surface area (Å²) in [5, 5.41) is 0.115. The van der Waals surface area contributed by atoms with Crippen molar-refractivity contribution in [3.05, 3.63) is 42.5 Å². The van der Waals surface area contributed by atoms with Crippen LogP contribution in [0.5, 0.6) is 5.75 Å². The summed E-state index contributed by atoms with van der Waals surface area (Å²) in [7, 11) is 1.63. The van der Waals surface area contributed by atoms with Crippen LogP contribution in [0, 0.1) is 0 Å². The van der Waals surface area contributed by atoms with Crippen LogP contribution in [0.15, 0.2) is 36.9 Å². The zero-order valence-electron chi connectivity index (χ0n) is 8.90. The Balaban J connectivity index is 2.82. The van der Waals surface area contributed by atoms with E-state index in [-0.39, 0.29) is 10.4 Å². The molecule has 1 aromatic carbocycles. The second-order valence-electron chi connectivity index (χ2n) is 3.04. The van der Waals surface area contributed by atoms with Gasteiger partial charge in [0.1, 0.15) is 5.75 Å². The third-order valence-electron chi connectivity index (χ3n) is 1.95. The van der Waals surface area contributed by atoms with Crippen molar-refractivity contribution >= 4 is 16.9 Å². The molecule has 0 bridgehead atoms. The van der Waals surface area contributed by atoms with Crippen LogP contribution in [0.2, 0.25) is 0 Å². The summed E-state index contributed by atoms with van der Waals surface area (Å²) in [6.07, 6.45) is 1.77. The molecule has 0 amide bonds. The molecule has 0 spiro atoms. The van der Waals surface area contributed by atoms with Crippen LogP contribution in [0.25, 0.3) is 0 Å². The molecule has 80 valence electrons. The molecule has 1 rings (SSSR count). The highest BCUT2D eigenvalue weighted by Gasteiger charge is 2.10. The maximum absolute atomic E-state index is 11.0. The van der Waals surface area contributed by atoms with Gasteiger partial charge in [-0.25, -0.2) is 0 Å². The Morgan fingerprint density at radius 2 is 2.07 bits per heavy atom. The number of carbonyl (C=O) groups excluding carboxylic acids is 1. The number of carbonyl (C=O) groups is 1. The fourth-order valence-electron chi connectivity index (χ4n) is 1.22. The number of hydrogen-bond donors (Lipinski definition) is 0. The molecule has 0 aromatic heterocycles. The summed E-state index contributed by atoms with van der Waals surface area (Å²) in [4.78, 5) is 11.0. The summed E-state index contributed by atoms with van der Waals surface area (Å²) < 4.78 is 5.06. The first-order valence-electron chi connectivity index (χ1n) is 4.61. The minimum absolute atomic E-state index is 0.0217. The second-order valence-corrected chi connectivity index (χ2v) is 4.36. The maximum Gasteiger partial charge on any atom is 0.186 e. The zero-order valence-corrected chi connectivity index (χ0v) is 9.71. The summed E-state index contributed by atoms with van der Waals surface area (Å²) in [5.41, 5.74) is 1.06. The lowest BCUT2D eigenvalue weighted by Crippen LogP contribution is -1.94. The van der Waals surface area contributed by atoms with Gasteiger partial charge in [0, 0.05) is 6.92 Å². The van der Waals surface area contributed by atoms with Crippen molar-refractivity contribution < 1.29 is 9.53 Å². The molecule has 1 atom stereocenters. The van der Waals surface area contributed by atoms with E-state index in [2.05, 4.69) is 6.58 Å². The van der Waals surface area contributed by atoms with E-state index in [1.807, 2.05) is 24.3 Å². The zero-order chi connectivity index (χ0) is 11.3. The van der Waals surface area contributed by atoms with E-state index < -0.39 is 0 Å². The van der Waals surface area contributed by atoms with Gasteiger partial charge in [0.2, 0.25) is 0 Å². The smallest absolute Gasteiger partial charge is 0.186 e. The van der Waals surface area contributed by atoms with E-state index in [1.54, 1.807) is 20.1 Å². The predicted molar refractivity (Wildman–Crippen MR) is 64.2 cm³/mol. The summed E-state index contributed by atoms with van der Waals surface area (Å²) in [6, 6.07) is 7.65. The quantitative estimate of drug-likeness (QED) is 0.732. The largest absolute Gasteiger partial charge is 0.497 e. The Labute approximate surface area is 94.3 Å². The molecule has 1 aromatic rings. The molecule has 3 heteroatoms. The maximum atomic E-state index is 11.0. The molecule has 15 heavy (non-hydrogen) atoms. The Hall–Kier alpha value is -1.22. The normalized spacial score (nSPS) is 11.9. The highest BCUT2D eigenvalue weighted by atomic mass is 32.2. The Kier molecular flexibility index (Phi) is 4.43. The molecule has 0 heterocycles. The standard InChI is InChI=1S/C12H14O2S/c1-4-12(15-9(2)13)10-5-7-11(14-3)8-6-10/h4-8,12H,1H2,2-3H3/t12-/m0/s1. The number of thioether (sulfide) groups is 1. The average molecular weight is 222 g/mol. The molecule has 0 saturated carbocycles. The van der Waals surface area contributed by atoms with Gasteiger partial charge in [-0.2, -0.15) is 0 Å². The van der Waals surface area contributed by atoms with Crippen molar-refractivity contribution in [2.24, 2.45) is 0 Å². The van der Waals surface area contributed by atoms with Gasteiger partial charge in [-0.05, 0) is 17.7 Å². The molecule has 0 aliphatic rings. The molecule has 0 N–H and O–H groups in total. The Morgan fingerprint density at radius 1 is 1.47 bits per heavy atom. The van der Waals surface area contributed by atoms with Crippen molar-refractivity contribution in [2.45, 2.75) is 12.2 Å². The first-order chi connectivity index (χ1) is 7.17. The van der Waals surface area contributed by atoms with E-state index in [1.165, 1.54) is 11.8 Å². The first kappa shape index (κ1) is 11.9. The molecule has 2 nitrogen and oxygen atoms in total. The Morgan fingerprint density at radius 3 is 2.47 bits per heavy atom. The predicted octanol–water partition coefficient (Wildman–Crippen LogP) is 3.20. The van der Waals surface area contributed by atoms with Crippen LogP contribution in [-0.2, 0) is 4.79 Å². The van der Waals surface area contributed by atoms with E-state index in [0.717, 1.165) is 11.3 Å². The average Bonchev–Trinajstić information content (AvgIpc) is 2.26. The highest BCUT2D eigenvalue weighted by molar-refractivity contribution is 8.13. The molecule has 0 unspecified atom stereocenters. The van der Waals surface area contributed by atoms with E-state index in [4.69, 9.17) is 4.74 Å². The topological polar surface area (TPSA) is 26.3 Å². The van der Waals surface area contributed by atoms with Crippen LogP contribution in [0.3, 0.4) is 0 Å². The monoisotopic (exact) mass is 222 g/mol. The van der Waals surface area contributed by atoms with Crippen molar-refractivity contribution in [3.63, 3.8) is 0 Å². The van der Waals surface area contributed by atoms with E-state index in [9.17, 15) is 4.79 Å². The summed E-state index contributed by atoms with van der Waals surface area (Å²) in [5.74, 6) is 0.814. The van der Waals surface area contributed by atoms with Gasteiger partial charge in [0.25, 0.3) is 0 Å². The van der Waals surface area contributed by atoms with Crippen LogP contribution < -0.4 is 4.74 Å².